The highest BCUT2D eigenvalue weighted by molar-refractivity contribution is 6.15. The van der Waals surface area contributed by atoms with E-state index in [4.69, 9.17) is 4.42 Å². The van der Waals surface area contributed by atoms with Crippen molar-refractivity contribution >= 4 is 71.3 Å². The summed E-state index contributed by atoms with van der Waals surface area (Å²) in [7, 11) is 0. The minimum atomic E-state index is 0.904. The normalized spacial score (nSPS) is 11.5. The van der Waals surface area contributed by atoms with E-state index in [2.05, 4.69) is 229 Å². The topological polar surface area (TPSA) is 16.4 Å². The van der Waals surface area contributed by atoms with Crippen LogP contribution in [0.2, 0.25) is 0 Å². The summed E-state index contributed by atoms with van der Waals surface area (Å²) in [5.41, 5.74) is 14.6. The summed E-state index contributed by atoms with van der Waals surface area (Å²) in [5, 5.41) is 9.67. The quantitative estimate of drug-likeness (QED) is 0.150. The van der Waals surface area contributed by atoms with Crippen LogP contribution in [0, 0.1) is 0 Å². The Hall–Kier alpha value is -8.20. The second kappa shape index (κ2) is 14.8. The van der Waals surface area contributed by atoms with Crippen LogP contribution in [0.25, 0.3) is 98.8 Å². The summed E-state index contributed by atoms with van der Waals surface area (Å²) in [6.07, 6.45) is 0. The SMILES string of the molecule is c1ccc(-c2c(-c3ccc(N(c4ccc(-c5cccc(-c6ccc7c(c6)oc6ccccc67)c5)cc4)c4cc5ccccc5c5ccccc45)cc3)ccc3ccccc23)cc1. The number of hydrogen-bond donors (Lipinski definition) is 0. The fourth-order valence-corrected chi connectivity index (χ4v) is 9.45. The summed E-state index contributed by atoms with van der Waals surface area (Å²) < 4.78 is 6.25. The maximum Gasteiger partial charge on any atom is 0.136 e. The first-order valence-corrected chi connectivity index (χ1v) is 21.2. The van der Waals surface area contributed by atoms with Gasteiger partial charge >= 0.3 is 0 Å². The average molecular weight is 790 g/mol. The van der Waals surface area contributed by atoms with Gasteiger partial charge in [-0.05, 0) is 126 Å². The van der Waals surface area contributed by atoms with Crippen molar-refractivity contribution < 1.29 is 4.42 Å². The number of fused-ring (bicyclic) bond motifs is 7. The van der Waals surface area contributed by atoms with E-state index in [1.54, 1.807) is 0 Å². The first kappa shape index (κ1) is 35.7. The number of benzene rings is 11. The van der Waals surface area contributed by atoms with Crippen LogP contribution in [0.3, 0.4) is 0 Å². The number of para-hydroxylation sites is 1. The van der Waals surface area contributed by atoms with E-state index in [1.807, 2.05) is 12.1 Å². The zero-order chi connectivity index (χ0) is 41.0. The summed E-state index contributed by atoms with van der Waals surface area (Å²) in [5.74, 6) is 0. The first-order chi connectivity index (χ1) is 30.7. The minimum absolute atomic E-state index is 0.904. The molecule has 0 atom stereocenters. The molecule has 0 aliphatic carbocycles. The summed E-state index contributed by atoms with van der Waals surface area (Å²) in [6, 6.07) is 85.6. The number of nitrogens with zero attached hydrogens (tertiary/aromatic N) is 1. The smallest absolute Gasteiger partial charge is 0.136 e. The van der Waals surface area contributed by atoms with Crippen LogP contribution in [0.1, 0.15) is 0 Å². The molecule has 0 aliphatic rings. The fourth-order valence-electron chi connectivity index (χ4n) is 9.45. The molecule has 2 heteroatoms. The molecule has 290 valence electrons. The second-order valence-corrected chi connectivity index (χ2v) is 16.1. The van der Waals surface area contributed by atoms with Crippen molar-refractivity contribution in [1.29, 1.82) is 0 Å². The van der Waals surface area contributed by atoms with E-state index in [0.717, 1.165) is 61.3 Å². The third-order valence-electron chi connectivity index (χ3n) is 12.4. The second-order valence-electron chi connectivity index (χ2n) is 16.1. The monoisotopic (exact) mass is 789 g/mol. The zero-order valence-electron chi connectivity index (χ0n) is 33.9. The lowest BCUT2D eigenvalue weighted by Gasteiger charge is -2.28. The Morgan fingerprint density at radius 1 is 0.274 bits per heavy atom. The van der Waals surface area contributed by atoms with Crippen molar-refractivity contribution in [3.8, 4) is 44.5 Å². The van der Waals surface area contributed by atoms with Crippen LogP contribution in [0.5, 0.6) is 0 Å². The van der Waals surface area contributed by atoms with Gasteiger partial charge in [0, 0.05) is 27.5 Å². The van der Waals surface area contributed by atoms with Gasteiger partial charge in [0.05, 0.1) is 5.69 Å². The van der Waals surface area contributed by atoms with Gasteiger partial charge in [0.1, 0.15) is 11.2 Å². The highest BCUT2D eigenvalue weighted by Gasteiger charge is 2.19. The predicted molar refractivity (Wildman–Crippen MR) is 263 cm³/mol. The van der Waals surface area contributed by atoms with E-state index in [9.17, 15) is 0 Å². The Morgan fingerprint density at radius 3 is 1.60 bits per heavy atom. The van der Waals surface area contributed by atoms with Gasteiger partial charge in [0.2, 0.25) is 0 Å². The fraction of sp³-hybridized carbons (Fsp3) is 0. The van der Waals surface area contributed by atoms with Gasteiger partial charge in [-0.25, -0.2) is 0 Å². The molecule has 0 fully saturated rings. The van der Waals surface area contributed by atoms with Crippen LogP contribution in [0.15, 0.2) is 241 Å². The lowest BCUT2D eigenvalue weighted by molar-refractivity contribution is 0.669. The Morgan fingerprint density at radius 2 is 0.823 bits per heavy atom. The molecule has 0 amide bonds. The van der Waals surface area contributed by atoms with Crippen LogP contribution in [0.4, 0.5) is 17.1 Å². The number of furan rings is 1. The van der Waals surface area contributed by atoms with Gasteiger partial charge in [-0.2, -0.15) is 0 Å². The molecule has 11 aromatic carbocycles. The molecule has 0 aliphatic heterocycles. The maximum absolute atomic E-state index is 6.25. The van der Waals surface area contributed by atoms with Gasteiger partial charge in [-0.3, -0.25) is 0 Å². The van der Waals surface area contributed by atoms with Crippen molar-refractivity contribution in [2.75, 3.05) is 4.90 Å². The Balaban J connectivity index is 0.964. The Kier molecular flexibility index (Phi) is 8.53. The number of rotatable bonds is 7. The van der Waals surface area contributed by atoms with E-state index in [0.29, 0.717) is 0 Å². The standard InChI is InChI=1S/C60H39NO/c1-2-14-43(15-3-1)60-51-20-7-4-13-41(51)29-35-52(60)42-27-33-49(34-28-42)61(57-38-47-16-5-6-19-50(47)53-21-8-9-22-54(53)57)48-31-25-40(26-32-48)44-17-12-18-45(37-44)46-30-36-56-55-23-10-11-24-58(55)62-59(56)39-46/h1-39H. The lowest BCUT2D eigenvalue weighted by atomic mass is 9.89. The molecular weight excluding hydrogens is 751 g/mol. The Labute approximate surface area is 360 Å². The largest absolute Gasteiger partial charge is 0.456 e. The average Bonchev–Trinajstić information content (AvgIpc) is 3.73. The summed E-state index contributed by atoms with van der Waals surface area (Å²) in [6.45, 7) is 0. The van der Waals surface area contributed by atoms with Crippen LogP contribution in [-0.2, 0) is 0 Å². The van der Waals surface area contributed by atoms with E-state index >= 15 is 0 Å². The van der Waals surface area contributed by atoms with Crippen molar-refractivity contribution in [2.45, 2.75) is 0 Å². The third kappa shape index (κ3) is 6.12. The molecule has 0 saturated carbocycles. The highest BCUT2D eigenvalue weighted by Crippen LogP contribution is 2.44. The summed E-state index contributed by atoms with van der Waals surface area (Å²) >= 11 is 0. The molecular formula is C60H39NO. The molecule has 0 radical (unpaired) electrons. The van der Waals surface area contributed by atoms with E-state index in [-0.39, 0.29) is 0 Å². The summed E-state index contributed by atoms with van der Waals surface area (Å²) in [4.78, 5) is 2.42. The first-order valence-electron chi connectivity index (χ1n) is 21.2. The minimum Gasteiger partial charge on any atom is -0.456 e. The van der Waals surface area contributed by atoms with Crippen molar-refractivity contribution in [1.82, 2.24) is 0 Å². The van der Waals surface area contributed by atoms with Gasteiger partial charge in [0.25, 0.3) is 0 Å². The van der Waals surface area contributed by atoms with Crippen molar-refractivity contribution in [2.24, 2.45) is 0 Å². The van der Waals surface area contributed by atoms with Crippen LogP contribution in [-0.4, -0.2) is 0 Å². The van der Waals surface area contributed by atoms with Gasteiger partial charge in [-0.1, -0.05) is 182 Å². The highest BCUT2D eigenvalue weighted by atomic mass is 16.3. The molecule has 12 rings (SSSR count). The van der Waals surface area contributed by atoms with Crippen molar-refractivity contribution in [3.05, 3.63) is 237 Å². The van der Waals surface area contributed by atoms with Gasteiger partial charge in [-0.15, -0.1) is 0 Å². The molecule has 0 bridgehead atoms. The lowest BCUT2D eigenvalue weighted by Crippen LogP contribution is -2.10. The van der Waals surface area contributed by atoms with Crippen LogP contribution < -0.4 is 4.90 Å². The zero-order valence-corrected chi connectivity index (χ0v) is 33.9. The van der Waals surface area contributed by atoms with Crippen LogP contribution >= 0.6 is 0 Å². The van der Waals surface area contributed by atoms with Crippen molar-refractivity contribution in [3.63, 3.8) is 0 Å². The maximum atomic E-state index is 6.25. The molecule has 0 unspecified atom stereocenters. The van der Waals surface area contributed by atoms with E-state index < -0.39 is 0 Å². The molecule has 62 heavy (non-hydrogen) atoms. The predicted octanol–water partition coefficient (Wildman–Crippen LogP) is 17.2. The number of hydrogen-bond acceptors (Lipinski definition) is 2. The molecule has 2 nitrogen and oxygen atoms in total. The number of anilines is 3. The molecule has 0 spiro atoms. The third-order valence-corrected chi connectivity index (χ3v) is 12.4. The Bertz CT molecular complexity index is 3620. The van der Waals surface area contributed by atoms with Gasteiger partial charge in [0.15, 0.2) is 0 Å². The molecule has 0 saturated heterocycles. The molecule has 1 heterocycles. The molecule has 12 aromatic rings. The molecule has 0 N–H and O–H groups in total. The molecule has 1 aromatic heterocycles. The van der Waals surface area contributed by atoms with Gasteiger partial charge < -0.3 is 9.32 Å². The van der Waals surface area contributed by atoms with E-state index in [1.165, 1.54) is 54.6 Å².